The molecule has 1 saturated heterocycles. The molecule has 0 saturated carbocycles. The minimum atomic E-state index is -4.59. The molecule has 1 aliphatic heterocycles. The summed E-state index contributed by atoms with van der Waals surface area (Å²) in [7, 11) is 1.98. The highest BCUT2D eigenvalue weighted by Gasteiger charge is 2.34. The average Bonchev–Trinajstić information content (AvgIpc) is 3.45. The molecule has 0 unspecified atom stereocenters. The number of pyridine rings is 1. The second-order valence-corrected chi connectivity index (χ2v) is 10.3. The maximum Gasteiger partial charge on any atom is 0.416 e. The van der Waals surface area contributed by atoms with Crippen molar-refractivity contribution in [2.45, 2.75) is 19.6 Å². The molecule has 4 N–H and O–H groups in total. The Hall–Kier alpha value is -4.82. The van der Waals surface area contributed by atoms with E-state index in [0.717, 1.165) is 19.2 Å². The molecule has 0 spiro atoms. The summed E-state index contributed by atoms with van der Waals surface area (Å²) in [5, 5.41) is 13.4. The molecule has 11 nitrogen and oxygen atoms in total. The number of benzene rings is 2. The summed E-state index contributed by atoms with van der Waals surface area (Å²) >= 11 is 0. The third-order valence-corrected chi connectivity index (χ3v) is 7.19. The fraction of sp³-hybridized carbons (Fsp3) is 0.276. The molecular formula is C29H29F3N8O3. The number of amidine groups is 1. The van der Waals surface area contributed by atoms with E-state index in [9.17, 15) is 22.8 Å². The SMILES string of the molecule is Cc1ccc(C(=O)Nc2ccc(CN3CCN(C)CC3)c(C(F)(F)F)c2)cc1/C(N)=N\OC(=O)c1cnc2[nH]ncc2c1. The minimum absolute atomic E-state index is 0.000322. The molecule has 3 heterocycles. The first-order valence-corrected chi connectivity index (χ1v) is 13.4. The number of anilines is 1. The first kappa shape index (κ1) is 29.7. The second-order valence-electron chi connectivity index (χ2n) is 10.3. The Morgan fingerprint density at radius 2 is 1.84 bits per heavy atom. The van der Waals surface area contributed by atoms with Gasteiger partial charge >= 0.3 is 12.1 Å². The first-order valence-electron chi connectivity index (χ1n) is 13.4. The zero-order valence-electron chi connectivity index (χ0n) is 23.4. The van der Waals surface area contributed by atoms with Gasteiger partial charge in [-0.3, -0.25) is 14.8 Å². The lowest BCUT2D eigenvalue weighted by molar-refractivity contribution is -0.138. The number of halogens is 3. The molecule has 1 aliphatic rings. The van der Waals surface area contributed by atoms with Crippen LogP contribution in [0.25, 0.3) is 11.0 Å². The summed E-state index contributed by atoms with van der Waals surface area (Å²) in [6.45, 7) is 4.79. The Labute approximate surface area is 244 Å². The number of piperazine rings is 1. The number of alkyl halides is 3. The topological polar surface area (TPSA) is 142 Å². The highest BCUT2D eigenvalue weighted by molar-refractivity contribution is 6.07. The number of hydrogen-bond donors (Lipinski definition) is 3. The van der Waals surface area contributed by atoms with Gasteiger partial charge in [-0.15, -0.1) is 0 Å². The zero-order chi connectivity index (χ0) is 30.7. The quantitative estimate of drug-likeness (QED) is 0.127. The first-order chi connectivity index (χ1) is 20.5. The van der Waals surface area contributed by atoms with Gasteiger partial charge in [0.1, 0.15) is 0 Å². The van der Waals surface area contributed by atoms with Crippen molar-refractivity contribution in [3.63, 3.8) is 0 Å². The number of rotatable bonds is 7. The fourth-order valence-electron chi connectivity index (χ4n) is 4.69. The van der Waals surface area contributed by atoms with Crippen molar-refractivity contribution in [2.75, 3.05) is 38.5 Å². The van der Waals surface area contributed by atoms with E-state index >= 15 is 0 Å². The fourth-order valence-corrected chi connectivity index (χ4v) is 4.69. The molecule has 0 aliphatic carbocycles. The number of aryl methyl sites for hydroxylation is 1. The highest BCUT2D eigenvalue weighted by Crippen LogP contribution is 2.34. The molecule has 1 amide bonds. The summed E-state index contributed by atoms with van der Waals surface area (Å²) in [5.41, 5.74) is 7.10. The Balaban J connectivity index is 1.30. The predicted octanol–water partition coefficient (Wildman–Crippen LogP) is 3.76. The van der Waals surface area contributed by atoms with E-state index in [2.05, 4.69) is 30.6 Å². The van der Waals surface area contributed by atoms with Gasteiger partial charge in [0.25, 0.3) is 5.91 Å². The van der Waals surface area contributed by atoms with Crippen LogP contribution in [0, 0.1) is 6.92 Å². The summed E-state index contributed by atoms with van der Waals surface area (Å²) in [5.74, 6) is -1.63. The van der Waals surface area contributed by atoms with Crippen molar-refractivity contribution < 1.29 is 27.6 Å². The van der Waals surface area contributed by atoms with Crippen molar-refractivity contribution in [3.8, 4) is 0 Å². The Morgan fingerprint density at radius 1 is 1.07 bits per heavy atom. The number of fused-ring (bicyclic) bond motifs is 1. The van der Waals surface area contributed by atoms with Gasteiger partial charge in [0.2, 0.25) is 0 Å². The summed E-state index contributed by atoms with van der Waals surface area (Å²) in [6, 6.07) is 9.86. The van der Waals surface area contributed by atoms with Gasteiger partial charge in [-0.2, -0.15) is 18.3 Å². The molecule has 2 aromatic carbocycles. The number of aromatic amines is 1. The van der Waals surface area contributed by atoms with E-state index in [1.165, 1.54) is 42.7 Å². The number of carbonyl (C=O) groups is 2. The smallest absolute Gasteiger partial charge is 0.380 e. The molecule has 4 aromatic rings. The van der Waals surface area contributed by atoms with E-state index in [-0.39, 0.29) is 34.8 Å². The average molecular weight is 595 g/mol. The monoisotopic (exact) mass is 594 g/mol. The van der Waals surface area contributed by atoms with Gasteiger partial charge in [-0.05, 0) is 55.4 Å². The predicted molar refractivity (Wildman–Crippen MR) is 153 cm³/mol. The van der Waals surface area contributed by atoms with Gasteiger partial charge in [-0.25, -0.2) is 9.78 Å². The van der Waals surface area contributed by atoms with Crippen molar-refractivity contribution in [1.29, 1.82) is 0 Å². The third-order valence-electron chi connectivity index (χ3n) is 7.19. The van der Waals surface area contributed by atoms with Crippen LogP contribution in [0.1, 0.15) is 43.0 Å². The van der Waals surface area contributed by atoms with Gasteiger partial charge < -0.3 is 20.8 Å². The molecule has 0 radical (unpaired) electrons. The molecule has 1 fully saturated rings. The molecule has 2 aromatic heterocycles. The maximum atomic E-state index is 14.0. The highest BCUT2D eigenvalue weighted by atomic mass is 19.4. The molecule has 14 heteroatoms. The summed E-state index contributed by atoms with van der Waals surface area (Å²) in [6.07, 6.45) is -1.79. The number of hydrogen-bond acceptors (Lipinski definition) is 8. The lowest BCUT2D eigenvalue weighted by Gasteiger charge is -2.33. The number of nitrogens with two attached hydrogens (primary N) is 1. The Morgan fingerprint density at radius 3 is 2.58 bits per heavy atom. The van der Waals surface area contributed by atoms with E-state index < -0.39 is 23.6 Å². The van der Waals surface area contributed by atoms with Crippen LogP contribution < -0.4 is 11.1 Å². The van der Waals surface area contributed by atoms with Crippen LogP contribution in [0.2, 0.25) is 0 Å². The summed E-state index contributed by atoms with van der Waals surface area (Å²) in [4.78, 5) is 38.7. The van der Waals surface area contributed by atoms with E-state index in [0.29, 0.717) is 35.2 Å². The van der Waals surface area contributed by atoms with Gasteiger partial charge in [0, 0.05) is 61.1 Å². The summed E-state index contributed by atoms with van der Waals surface area (Å²) < 4.78 is 41.9. The van der Waals surface area contributed by atoms with Gasteiger partial charge in [0.05, 0.1) is 17.3 Å². The van der Waals surface area contributed by atoms with Crippen molar-refractivity contribution in [1.82, 2.24) is 25.0 Å². The zero-order valence-corrected chi connectivity index (χ0v) is 23.4. The largest absolute Gasteiger partial charge is 0.416 e. The molecular weight excluding hydrogens is 565 g/mol. The molecule has 0 bridgehead atoms. The van der Waals surface area contributed by atoms with Crippen molar-refractivity contribution in [2.24, 2.45) is 10.9 Å². The normalized spacial score (nSPS) is 15.0. The molecule has 5 rings (SSSR count). The van der Waals surface area contributed by atoms with Crippen LogP contribution in [0.4, 0.5) is 18.9 Å². The van der Waals surface area contributed by atoms with Crippen molar-refractivity contribution >= 4 is 34.4 Å². The number of aromatic nitrogens is 3. The second kappa shape index (κ2) is 12.2. The van der Waals surface area contributed by atoms with Crippen molar-refractivity contribution in [3.05, 3.63) is 88.2 Å². The number of oxime groups is 1. The van der Waals surface area contributed by atoms with Crippen LogP contribution >= 0.6 is 0 Å². The Bertz CT molecular complexity index is 1690. The van der Waals surface area contributed by atoms with Crippen LogP contribution in [0.3, 0.4) is 0 Å². The van der Waals surface area contributed by atoms with Crippen LogP contribution in [0.15, 0.2) is 60.0 Å². The number of nitrogens with zero attached hydrogens (tertiary/aromatic N) is 5. The minimum Gasteiger partial charge on any atom is -0.380 e. The molecule has 224 valence electrons. The number of H-pyrrole nitrogens is 1. The number of likely N-dealkylation sites (N-methyl/N-ethyl adjacent to an activating group) is 1. The van der Waals surface area contributed by atoms with Crippen LogP contribution in [-0.2, 0) is 17.6 Å². The van der Waals surface area contributed by atoms with Gasteiger partial charge in [0.15, 0.2) is 11.5 Å². The third kappa shape index (κ3) is 6.98. The number of carbonyl (C=O) groups excluding carboxylic acids is 2. The lowest BCUT2D eigenvalue weighted by atomic mass is 10.0. The van der Waals surface area contributed by atoms with Crippen LogP contribution in [-0.4, -0.2) is 75.9 Å². The van der Waals surface area contributed by atoms with E-state index in [4.69, 9.17) is 10.6 Å². The number of nitrogens with one attached hydrogen (secondary N) is 2. The maximum absolute atomic E-state index is 14.0. The Kier molecular flexibility index (Phi) is 8.41. The lowest BCUT2D eigenvalue weighted by Crippen LogP contribution is -2.44. The molecule has 0 atom stereocenters. The van der Waals surface area contributed by atoms with Gasteiger partial charge in [-0.1, -0.05) is 17.3 Å². The number of amides is 1. The molecule has 43 heavy (non-hydrogen) atoms. The van der Waals surface area contributed by atoms with E-state index in [1.807, 2.05) is 11.9 Å². The standard InChI is InChI=1S/C29H29F3N8O3/c1-17-3-4-18(12-23(17)25(33)38-43-28(42)21-11-20-15-35-37-26(20)34-14-21)27(41)36-22-6-5-19(24(13-22)29(30,31)32)16-40-9-7-39(2)8-10-40/h3-6,11-15H,7-10,16H2,1-2H3,(H2,33,38)(H,36,41)(H,34,35,37). The van der Waals surface area contributed by atoms with Crippen LogP contribution in [0.5, 0.6) is 0 Å². The van der Waals surface area contributed by atoms with E-state index in [1.54, 1.807) is 13.0 Å².